The molecule has 1 aromatic rings. The van der Waals surface area contributed by atoms with E-state index < -0.39 is 35.3 Å². The van der Waals surface area contributed by atoms with E-state index in [0.29, 0.717) is 12.1 Å². The molecule has 20 heavy (non-hydrogen) atoms. The Morgan fingerprint density at radius 1 is 1.30 bits per heavy atom. The summed E-state index contributed by atoms with van der Waals surface area (Å²) in [5.74, 6) is -6.33. The molecule has 0 heterocycles. The maximum Gasteiger partial charge on any atom is 0.416 e. The van der Waals surface area contributed by atoms with Gasteiger partial charge in [0, 0.05) is 0 Å². The number of hydrogen-bond acceptors (Lipinski definition) is 3. The molecular formula is C12H11F5O3. The first kappa shape index (κ1) is 16.4. The summed E-state index contributed by atoms with van der Waals surface area (Å²) in [5, 5.41) is 9.42. The number of carbonyl (C=O) groups is 1. The van der Waals surface area contributed by atoms with Crippen LogP contribution < -0.4 is 0 Å². The quantitative estimate of drug-likeness (QED) is 0.686. The molecule has 0 aromatic heterocycles. The zero-order chi connectivity index (χ0) is 15.6. The van der Waals surface area contributed by atoms with Crippen LogP contribution in [0.1, 0.15) is 24.2 Å². The zero-order valence-corrected chi connectivity index (χ0v) is 10.2. The lowest BCUT2D eigenvalue weighted by Crippen LogP contribution is -2.37. The molecule has 1 N–H and O–H groups in total. The van der Waals surface area contributed by atoms with Crippen LogP contribution in [0.25, 0.3) is 0 Å². The molecular weight excluding hydrogens is 287 g/mol. The van der Waals surface area contributed by atoms with Crippen LogP contribution >= 0.6 is 0 Å². The highest BCUT2D eigenvalue weighted by Gasteiger charge is 2.49. The molecule has 0 amide bonds. The molecule has 0 bridgehead atoms. The van der Waals surface area contributed by atoms with Gasteiger partial charge in [-0.1, -0.05) is 12.1 Å². The molecule has 0 saturated heterocycles. The summed E-state index contributed by atoms with van der Waals surface area (Å²) in [6, 6.07) is 2.76. The highest BCUT2D eigenvalue weighted by molar-refractivity contribution is 5.78. The van der Waals surface area contributed by atoms with Gasteiger partial charge in [-0.15, -0.1) is 0 Å². The second-order valence-electron chi connectivity index (χ2n) is 3.87. The average Bonchev–Trinajstić information content (AvgIpc) is 2.37. The third-order valence-electron chi connectivity index (χ3n) is 2.42. The van der Waals surface area contributed by atoms with Crippen LogP contribution in [-0.4, -0.2) is 23.6 Å². The van der Waals surface area contributed by atoms with Crippen molar-refractivity contribution in [3.05, 3.63) is 35.4 Å². The van der Waals surface area contributed by atoms with E-state index in [1.54, 1.807) is 0 Å². The molecule has 0 radical (unpaired) electrons. The standard InChI is InChI=1S/C12H11F5O3/c1-2-20-10(19)11(13,14)9(18)7-4-3-5-8(6-7)12(15,16)17/h3-6,9,18H,2H2,1H3. The first-order valence-corrected chi connectivity index (χ1v) is 5.51. The van der Waals surface area contributed by atoms with Gasteiger partial charge in [0.2, 0.25) is 0 Å². The summed E-state index contributed by atoms with van der Waals surface area (Å²) in [6.07, 6.45) is -7.46. The molecule has 1 rings (SSSR count). The predicted octanol–water partition coefficient (Wildman–Crippen LogP) is 2.94. The number of halogens is 5. The SMILES string of the molecule is CCOC(=O)C(F)(F)C(O)c1cccc(C(F)(F)F)c1. The Balaban J connectivity index is 3.09. The maximum atomic E-state index is 13.5. The van der Waals surface area contributed by atoms with Gasteiger partial charge in [-0.25, -0.2) is 4.79 Å². The van der Waals surface area contributed by atoms with E-state index in [-0.39, 0.29) is 6.61 Å². The summed E-state index contributed by atoms with van der Waals surface area (Å²) in [7, 11) is 0. The fourth-order valence-corrected chi connectivity index (χ4v) is 1.43. The van der Waals surface area contributed by atoms with Gasteiger partial charge in [0.25, 0.3) is 0 Å². The molecule has 0 aliphatic heterocycles. The molecule has 0 fully saturated rings. The lowest BCUT2D eigenvalue weighted by atomic mass is 10.0. The highest BCUT2D eigenvalue weighted by atomic mass is 19.4. The fourth-order valence-electron chi connectivity index (χ4n) is 1.43. The molecule has 1 aromatic carbocycles. The molecule has 1 unspecified atom stereocenters. The Labute approximate surface area is 111 Å². The van der Waals surface area contributed by atoms with Crippen LogP contribution in [0, 0.1) is 0 Å². The van der Waals surface area contributed by atoms with Gasteiger partial charge in [-0.2, -0.15) is 22.0 Å². The molecule has 1 atom stereocenters. The van der Waals surface area contributed by atoms with Gasteiger partial charge >= 0.3 is 18.1 Å². The van der Waals surface area contributed by atoms with Gasteiger partial charge in [0.15, 0.2) is 6.10 Å². The van der Waals surface area contributed by atoms with Gasteiger partial charge in [-0.3, -0.25) is 0 Å². The monoisotopic (exact) mass is 298 g/mol. The van der Waals surface area contributed by atoms with E-state index in [1.807, 2.05) is 0 Å². The third-order valence-corrected chi connectivity index (χ3v) is 2.42. The number of ether oxygens (including phenoxy) is 1. The minimum atomic E-state index is -4.74. The number of aliphatic hydroxyl groups excluding tert-OH is 1. The Kier molecular flexibility index (Phi) is 4.69. The minimum Gasteiger partial charge on any atom is -0.461 e. The van der Waals surface area contributed by atoms with Crippen molar-refractivity contribution in [2.45, 2.75) is 25.1 Å². The van der Waals surface area contributed by atoms with Crippen molar-refractivity contribution in [2.75, 3.05) is 6.61 Å². The van der Waals surface area contributed by atoms with E-state index in [1.165, 1.54) is 6.92 Å². The fraction of sp³-hybridized carbons (Fsp3) is 0.417. The van der Waals surface area contributed by atoms with E-state index in [9.17, 15) is 31.9 Å². The molecule has 3 nitrogen and oxygen atoms in total. The van der Waals surface area contributed by atoms with Crippen LogP contribution in [0.15, 0.2) is 24.3 Å². The maximum absolute atomic E-state index is 13.5. The number of carbonyl (C=O) groups excluding carboxylic acids is 1. The van der Waals surface area contributed by atoms with E-state index in [2.05, 4.69) is 4.74 Å². The number of hydrogen-bond donors (Lipinski definition) is 1. The van der Waals surface area contributed by atoms with Crippen molar-refractivity contribution in [3.8, 4) is 0 Å². The van der Waals surface area contributed by atoms with Gasteiger partial charge in [0.05, 0.1) is 12.2 Å². The molecule has 0 spiro atoms. The van der Waals surface area contributed by atoms with Crippen molar-refractivity contribution >= 4 is 5.97 Å². The summed E-state index contributed by atoms with van der Waals surface area (Å²) in [6.45, 7) is 0.939. The Hall–Kier alpha value is -1.70. The van der Waals surface area contributed by atoms with Crippen LogP contribution in [0.4, 0.5) is 22.0 Å². The van der Waals surface area contributed by atoms with Crippen LogP contribution in [0.3, 0.4) is 0 Å². The van der Waals surface area contributed by atoms with E-state index in [4.69, 9.17) is 0 Å². The van der Waals surface area contributed by atoms with E-state index >= 15 is 0 Å². The van der Waals surface area contributed by atoms with Crippen molar-refractivity contribution < 1.29 is 36.6 Å². The molecule has 8 heteroatoms. The number of esters is 1. The highest BCUT2D eigenvalue weighted by Crippen LogP contribution is 2.36. The minimum absolute atomic E-state index is 0.344. The Morgan fingerprint density at radius 3 is 2.40 bits per heavy atom. The second-order valence-corrected chi connectivity index (χ2v) is 3.87. The van der Waals surface area contributed by atoms with Gasteiger partial charge in [0.1, 0.15) is 0 Å². The number of alkyl halides is 5. The Bertz CT molecular complexity index is 484. The summed E-state index contributed by atoms with van der Waals surface area (Å²) >= 11 is 0. The normalized spacial score (nSPS) is 13.9. The number of rotatable bonds is 4. The first-order chi connectivity index (χ1) is 9.10. The largest absolute Gasteiger partial charge is 0.461 e. The molecule has 112 valence electrons. The van der Waals surface area contributed by atoms with Crippen LogP contribution in [0.5, 0.6) is 0 Å². The average molecular weight is 298 g/mol. The lowest BCUT2D eigenvalue weighted by Gasteiger charge is -2.21. The number of aliphatic hydroxyl groups is 1. The van der Waals surface area contributed by atoms with Crippen LogP contribution in [-0.2, 0) is 15.7 Å². The smallest absolute Gasteiger partial charge is 0.416 e. The zero-order valence-electron chi connectivity index (χ0n) is 10.2. The van der Waals surface area contributed by atoms with Gasteiger partial charge < -0.3 is 9.84 Å². The van der Waals surface area contributed by atoms with Crippen molar-refractivity contribution in [2.24, 2.45) is 0 Å². The second kappa shape index (κ2) is 5.74. The summed E-state index contributed by atoms with van der Waals surface area (Å²) in [5.41, 5.74) is -1.92. The molecule has 0 aliphatic rings. The van der Waals surface area contributed by atoms with Gasteiger partial charge in [-0.05, 0) is 24.6 Å². The topological polar surface area (TPSA) is 46.5 Å². The summed E-state index contributed by atoms with van der Waals surface area (Å²) in [4.78, 5) is 11.0. The van der Waals surface area contributed by atoms with Crippen molar-refractivity contribution in [1.82, 2.24) is 0 Å². The third kappa shape index (κ3) is 3.44. The van der Waals surface area contributed by atoms with Crippen molar-refractivity contribution in [3.63, 3.8) is 0 Å². The van der Waals surface area contributed by atoms with Crippen LogP contribution in [0.2, 0.25) is 0 Å². The first-order valence-electron chi connectivity index (χ1n) is 5.51. The van der Waals surface area contributed by atoms with Crippen molar-refractivity contribution in [1.29, 1.82) is 0 Å². The lowest BCUT2D eigenvalue weighted by molar-refractivity contribution is -0.189. The van der Waals surface area contributed by atoms with E-state index in [0.717, 1.165) is 12.1 Å². The Morgan fingerprint density at radius 2 is 1.90 bits per heavy atom. The molecule has 0 aliphatic carbocycles. The predicted molar refractivity (Wildman–Crippen MR) is 58.0 cm³/mol. The molecule has 0 saturated carbocycles. The number of benzene rings is 1. The summed E-state index contributed by atoms with van der Waals surface area (Å²) < 4.78 is 68.4.